The molecule has 2 aromatic heterocycles. The number of aromatic nitrogens is 2. The average molecular weight is 999 g/mol. The van der Waals surface area contributed by atoms with Crippen LogP contribution in [0, 0.1) is 12.1 Å². The minimum atomic E-state index is 0. The van der Waals surface area contributed by atoms with Crippen LogP contribution in [0.25, 0.3) is 60.6 Å². The summed E-state index contributed by atoms with van der Waals surface area (Å²) in [7, 11) is 0. The molecule has 0 bridgehead atoms. The maximum absolute atomic E-state index is 4.79. The number of para-hydroxylation sites is 3. The Morgan fingerprint density at radius 3 is 1.84 bits per heavy atom. The summed E-state index contributed by atoms with van der Waals surface area (Å²) in [5.74, 6) is 0.844. The molecule has 1 aliphatic rings. The average Bonchev–Trinajstić information content (AvgIpc) is 3.91. The number of nitrogens with zero attached hydrogens (tertiary/aromatic N) is 5. The van der Waals surface area contributed by atoms with Crippen molar-refractivity contribution in [2.75, 3.05) is 4.90 Å². The van der Waals surface area contributed by atoms with E-state index < -0.39 is 0 Å². The van der Waals surface area contributed by atoms with E-state index in [1.54, 1.807) is 0 Å². The van der Waals surface area contributed by atoms with Gasteiger partial charge in [0.25, 0.3) is 5.69 Å². The summed E-state index contributed by atoms with van der Waals surface area (Å²) in [5, 5.41) is 4.56. The maximum atomic E-state index is 4.79. The molecule has 0 saturated heterocycles. The van der Waals surface area contributed by atoms with Crippen LogP contribution in [0.4, 0.5) is 39.8 Å². The Morgan fingerprint density at radius 1 is 0.469 bits per heavy atom. The van der Waals surface area contributed by atoms with Crippen LogP contribution in [0.1, 0.15) is 0 Å². The Balaban J connectivity index is 0.00000456. The van der Waals surface area contributed by atoms with E-state index in [1.807, 2.05) is 24.4 Å². The number of hydrogen-bond donors (Lipinski definition) is 0. The smallest absolute Gasteiger partial charge is 0.358 e. The molecule has 6 heteroatoms. The molecule has 64 heavy (non-hydrogen) atoms. The predicted octanol–water partition coefficient (Wildman–Crippen LogP) is 14.6. The Kier molecular flexibility index (Phi) is 9.98. The van der Waals surface area contributed by atoms with Crippen LogP contribution in [0.3, 0.4) is 0 Å². The molecular formula is C58H37N5Pt+2. The second-order valence-electron chi connectivity index (χ2n) is 15.6. The van der Waals surface area contributed by atoms with Crippen LogP contribution >= 0.6 is 0 Å². The van der Waals surface area contributed by atoms with Gasteiger partial charge in [0.1, 0.15) is 11.5 Å². The fourth-order valence-electron chi connectivity index (χ4n) is 9.12. The van der Waals surface area contributed by atoms with Gasteiger partial charge in [-0.25, -0.2) is 4.98 Å². The van der Waals surface area contributed by atoms with Crippen molar-refractivity contribution in [3.63, 3.8) is 0 Å². The molecule has 0 aliphatic carbocycles. The SMILES string of the molecule is C1=[N+](c2[c-]c(N(c3[c-]c4c(cc3)c3ccccc3n4-c3ccccn3)c3ccccc3)ccc2)c2ccc3ccccc3c2[N+]=1c1c(-c2ccccc2)cccc1-c1ccccc1.[Pt+2]. The zero-order chi connectivity index (χ0) is 41.7. The van der Waals surface area contributed by atoms with Crippen LogP contribution in [0.2, 0.25) is 0 Å². The standard InChI is InChI=1S/C58H37N5.Pt/c1-4-18-41(19-5-1)48-29-17-30-49(42-20-6-2-7-21-42)57(48)61-40-60(54-36-33-43-22-10-11-27-50(43)58(54)61)45-25-16-26-46(38-45)62(44-23-8-3-9-24-44)47-34-35-52-51-28-12-13-31-53(51)63(55(52)39-47)56-32-14-15-37-59-56;/h1-37H;/q;+2. The van der Waals surface area contributed by atoms with Crippen molar-refractivity contribution in [3.8, 4) is 28.1 Å². The Bertz CT molecular complexity index is 3540. The molecule has 3 heterocycles. The molecule has 11 aromatic rings. The summed E-state index contributed by atoms with van der Waals surface area (Å²) < 4.78 is 6.64. The molecule has 0 amide bonds. The van der Waals surface area contributed by atoms with Crippen LogP contribution < -0.4 is 14.1 Å². The third-order valence-electron chi connectivity index (χ3n) is 11.9. The van der Waals surface area contributed by atoms with Crippen molar-refractivity contribution < 1.29 is 21.1 Å². The van der Waals surface area contributed by atoms with Crippen molar-refractivity contribution in [1.29, 1.82) is 0 Å². The fraction of sp³-hybridized carbons (Fsp3) is 0. The number of anilines is 3. The number of benzene rings is 9. The molecule has 12 rings (SSSR count). The van der Waals surface area contributed by atoms with Gasteiger partial charge in [0.05, 0.1) is 16.5 Å². The third kappa shape index (κ3) is 6.58. The van der Waals surface area contributed by atoms with Gasteiger partial charge in [-0.3, -0.25) is 0 Å². The molecule has 0 saturated carbocycles. The Labute approximate surface area is 385 Å². The van der Waals surface area contributed by atoms with E-state index in [0.29, 0.717) is 0 Å². The number of fused-ring (bicyclic) bond motifs is 6. The predicted molar refractivity (Wildman–Crippen MR) is 260 cm³/mol. The van der Waals surface area contributed by atoms with Crippen molar-refractivity contribution in [2.45, 2.75) is 0 Å². The first-order valence-corrected chi connectivity index (χ1v) is 21.1. The Hall–Kier alpha value is -7.94. The van der Waals surface area contributed by atoms with Crippen molar-refractivity contribution in [3.05, 3.63) is 237 Å². The van der Waals surface area contributed by atoms with Crippen molar-refractivity contribution in [1.82, 2.24) is 18.7 Å². The molecular weight excluding hydrogens is 962 g/mol. The van der Waals surface area contributed by atoms with Gasteiger partial charge < -0.3 is 9.47 Å². The second kappa shape index (κ2) is 16.4. The van der Waals surface area contributed by atoms with Gasteiger partial charge in [-0.05, 0) is 81.1 Å². The molecule has 0 spiro atoms. The topological polar surface area (TPSA) is 27.1 Å². The van der Waals surface area contributed by atoms with Gasteiger partial charge in [-0.15, -0.1) is 23.6 Å². The molecule has 0 atom stereocenters. The van der Waals surface area contributed by atoms with E-state index in [2.05, 4.69) is 237 Å². The monoisotopic (exact) mass is 998 g/mol. The van der Waals surface area contributed by atoms with Gasteiger partial charge in [-0.2, -0.15) is 12.1 Å². The molecule has 0 radical (unpaired) electrons. The zero-order valence-corrected chi connectivity index (χ0v) is 36.7. The van der Waals surface area contributed by atoms with E-state index in [0.717, 1.165) is 100 Å². The molecule has 1 aliphatic heterocycles. The quantitative estimate of drug-likeness (QED) is 0.112. The zero-order valence-electron chi connectivity index (χ0n) is 34.4. The van der Waals surface area contributed by atoms with Crippen LogP contribution in [0.5, 0.6) is 0 Å². The van der Waals surface area contributed by atoms with E-state index in [9.17, 15) is 0 Å². The van der Waals surface area contributed by atoms with Crippen LogP contribution in [-0.4, -0.2) is 15.6 Å². The normalized spacial score (nSPS) is 11.9. The summed E-state index contributed by atoms with van der Waals surface area (Å²) in [6.07, 6.45) is 1.84. The van der Waals surface area contributed by atoms with Crippen LogP contribution in [0.15, 0.2) is 225 Å². The van der Waals surface area contributed by atoms with E-state index >= 15 is 0 Å². The van der Waals surface area contributed by atoms with Gasteiger partial charge in [0.2, 0.25) is 5.69 Å². The summed E-state index contributed by atoms with van der Waals surface area (Å²) in [5.41, 5.74) is 13.3. The molecule has 5 nitrogen and oxygen atoms in total. The Morgan fingerprint density at radius 2 is 1.11 bits per heavy atom. The van der Waals surface area contributed by atoms with Crippen molar-refractivity contribution in [2.24, 2.45) is 0 Å². The minimum Gasteiger partial charge on any atom is -0.358 e. The summed E-state index contributed by atoms with van der Waals surface area (Å²) in [6, 6.07) is 88.3. The van der Waals surface area contributed by atoms with Gasteiger partial charge in [0, 0.05) is 23.5 Å². The van der Waals surface area contributed by atoms with Crippen molar-refractivity contribution >= 4 is 78.4 Å². The molecule has 0 unspecified atom stereocenters. The number of pyridine rings is 1. The first-order chi connectivity index (χ1) is 31.3. The molecule has 302 valence electrons. The summed E-state index contributed by atoms with van der Waals surface area (Å²) in [4.78, 5) is 7.02. The minimum absolute atomic E-state index is 0. The number of hydrogen-bond acceptors (Lipinski definition) is 2. The fourth-order valence-corrected chi connectivity index (χ4v) is 9.12. The van der Waals surface area contributed by atoms with Crippen LogP contribution in [-0.2, 0) is 21.1 Å². The first-order valence-electron chi connectivity index (χ1n) is 21.1. The second-order valence-corrected chi connectivity index (χ2v) is 15.6. The van der Waals surface area contributed by atoms with Gasteiger partial charge in [-0.1, -0.05) is 161 Å². The third-order valence-corrected chi connectivity index (χ3v) is 11.9. The maximum Gasteiger partial charge on any atom is 2.00 e. The molecule has 0 fully saturated rings. The number of rotatable bonds is 8. The van der Waals surface area contributed by atoms with E-state index in [-0.39, 0.29) is 21.1 Å². The largest absolute Gasteiger partial charge is 2.00 e. The van der Waals surface area contributed by atoms with E-state index in [1.165, 1.54) is 0 Å². The van der Waals surface area contributed by atoms with Gasteiger partial charge >= 0.3 is 32.8 Å². The molecule has 0 N–H and O–H groups in total. The van der Waals surface area contributed by atoms with E-state index in [4.69, 9.17) is 4.98 Å². The molecule has 9 aromatic carbocycles. The summed E-state index contributed by atoms with van der Waals surface area (Å²) in [6.45, 7) is 0. The first kappa shape index (κ1) is 38.9. The van der Waals surface area contributed by atoms with Gasteiger partial charge in [0.15, 0.2) is 0 Å². The summed E-state index contributed by atoms with van der Waals surface area (Å²) >= 11 is 0.